The van der Waals surface area contributed by atoms with Gasteiger partial charge in [0, 0.05) is 19.0 Å². The molecular formula is C12H18N4O2S2. The number of nitrogen functional groups attached to an aromatic ring is 1. The molecular weight excluding hydrogens is 296 g/mol. The van der Waals surface area contributed by atoms with Crippen molar-refractivity contribution < 1.29 is 9.47 Å². The lowest BCUT2D eigenvalue weighted by Gasteiger charge is -2.06. The number of hydrogen-bond acceptors (Lipinski definition) is 8. The molecule has 0 bridgehead atoms. The van der Waals surface area contributed by atoms with Gasteiger partial charge < -0.3 is 20.5 Å². The van der Waals surface area contributed by atoms with Gasteiger partial charge in [-0.1, -0.05) is 0 Å². The number of nitrogens with zero attached hydrogens (tertiary/aromatic N) is 2. The Bertz CT molecular complexity index is 541. The van der Waals surface area contributed by atoms with E-state index in [1.165, 1.54) is 11.5 Å². The molecule has 0 fully saturated rings. The van der Waals surface area contributed by atoms with Crippen LogP contribution in [0.1, 0.15) is 5.01 Å². The molecule has 2 rings (SSSR count). The van der Waals surface area contributed by atoms with Crippen molar-refractivity contribution in [3.63, 3.8) is 0 Å². The maximum absolute atomic E-state index is 5.93. The van der Waals surface area contributed by atoms with E-state index in [0.29, 0.717) is 32.2 Å². The summed E-state index contributed by atoms with van der Waals surface area (Å²) in [6.45, 7) is 4.48. The van der Waals surface area contributed by atoms with E-state index in [0.717, 1.165) is 21.3 Å². The van der Waals surface area contributed by atoms with Crippen molar-refractivity contribution in [2.75, 3.05) is 44.5 Å². The minimum atomic E-state index is 0.517. The van der Waals surface area contributed by atoms with E-state index in [4.69, 9.17) is 15.2 Å². The van der Waals surface area contributed by atoms with Gasteiger partial charge in [-0.3, -0.25) is 0 Å². The zero-order valence-electron chi connectivity index (χ0n) is 11.5. The number of rotatable bonds is 8. The van der Waals surface area contributed by atoms with Gasteiger partial charge in [0.15, 0.2) is 0 Å². The summed E-state index contributed by atoms with van der Waals surface area (Å²) in [4.78, 5) is 4.46. The molecule has 0 aliphatic carbocycles. The first-order chi connectivity index (χ1) is 9.72. The first kappa shape index (κ1) is 15.2. The van der Waals surface area contributed by atoms with Gasteiger partial charge in [-0.25, -0.2) is 4.98 Å². The van der Waals surface area contributed by atoms with Crippen LogP contribution in [0.2, 0.25) is 0 Å². The largest absolute Gasteiger partial charge is 0.382 e. The minimum Gasteiger partial charge on any atom is -0.382 e. The Morgan fingerprint density at radius 3 is 2.90 bits per heavy atom. The summed E-state index contributed by atoms with van der Waals surface area (Å²) in [6, 6.07) is 0. The van der Waals surface area contributed by atoms with Crippen molar-refractivity contribution in [3.8, 4) is 11.3 Å². The van der Waals surface area contributed by atoms with Crippen LogP contribution in [0.5, 0.6) is 0 Å². The number of nitrogens with two attached hydrogens (primary N) is 1. The molecule has 0 saturated carbocycles. The number of aryl methyl sites for hydroxylation is 1. The quantitative estimate of drug-likeness (QED) is 0.727. The van der Waals surface area contributed by atoms with Crippen molar-refractivity contribution in [2.45, 2.75) is 6.92 Å². The molecule has 20 heavy (non-hydrogen) atoms. The second-order valence-electron chi connectivity index (χ2n) is 4.06. The maximum atomic E-state index is 5.93. The Hall–Kier alpha value is -1.22. The fourth-order valence-electron chi connectivity index (χ4n) is 1.63. The summed E-state index contributed by atoms with van der Waals surface area (Å²) in [5.41, 5.74) is 7.69. The molecule has 0 aromatic carbocycles. The zero-order chi connectivity index (χ0) is 14.4. The molecule has 2 heterocycles. The van der Waals surface area contributed by atoms with Crippen LogP contribution in [0.4, 0.5) is 10.8 Å². The van der Waals surface area contributed by atoms with Gasteiger partial charge in [0.05, 0.1) is 36.1 Å². The molecule has 0 atom stereocenters. The van der Waals surface area contributed by atoms with Crippen LogP contribution >= 0.6 is 22.9 Å². The second-order valence-corrected chi connectivity index (χ2v) is 5.89. The van der Waals surface area contributed by atoms with Gasteiger partial charge in [0.2, 0.25) is 0 Å². The average molecular weight is 314 g/mol. The number of ether oxygens (including phenoxy) is 2. The molecule has 3 N–H and O–H groups in total. The highest BCUT2D eigenvalue weighted by Gasteiger charge is 2.15. The van der Waals surface area contributed by atoms with Crippen molar-refractivity contribution in [2.24, 2.45) is 0 Å². The lowest BCUT2D eigenvalue weighted by atomic mass is 10.2. The van der Waals surface area contributed by atoms with E-state index < -0.39 is 0 Å². The summed E-state index contributed by atoms with van der Waals surface area (Å²) >= 11 is 2.95. The highest BCUT2D eigenvalue weighted by molar-refractivity contribution is 7.11. The SMILES string of the molecule is COCCOCCNc1snc(N)c1-c1csc(C)n1. The molecule has 0 saturated heterocycles. The maximum Gasteiger partial charge on any atom is 0.148 e. The van der Waals surface area contributed by atoms with Crippen LogP contribution in [0.3, 0.4) is 0 Å². The van der Waals surface area contributed by atoms with Crippen molar-refractivity contribution in [3.05, 3.63) is 10.4 Å². The first-order valence-electron chi connectivity index (χ1n) is 6.20. The van der Waals surface area contributed by atoms with Gasteiger partial charge in [-0.2, -0.15) is 4.37 Å². The predicted octanol–water partition coefficient (Wildman–Crippen LogP) is 2.23. The minimum absolute atomic E-state index is 0.517. The number of anilines is 2. The molecule has 8 heteroatoms. The topological polar surface area (TPSA) is 82.3 Å². The Balaban J connectivity index is 1.92. The first-order valence-corrected chi connectivity index (χ1v) is 7.86. The summed E-state index contributed by atoms with van der Waals surface area (Å²) < 4.78 is 14.5. The van der Waals surface area contributed by atoms with E-state index in [1.54, 1.807) is 18.4 Å². The van der Waals surface area contributed by atoms with Crippen LogP contribution in [0.15, 0.2) is 5.38 Å². The molecule has 6 nitrogen and oxygen atoms in total. The molecule has 2 aromatic rings. The van der Waals surface area contributed by atoms with Gasteiger partial charge in [0.1, 0.15) is 10.8 Å². The number of hydrogen-bond donors (Lipinski definition) is 2. The molecule has 0 unspecified atom stereocenters. The number of nitrogens with one attached hydrogen (secondary N) is 1. The van der Waals surface area contributed by atoms with E-state index in [-0.39, 0.29) is 0 Å². The van der Waals surface area contributed by atoms with Gasteiger partial charge in [-0.15, -0.1) is 11.3 Å². The normalized spacial score (nSPS) is 10.9. The summed E-state index contributed by atoms with van der Waals surface area (Å²) in [6.07, 6.45) is 0. The fourth-order valence-corrected chi connectivity index (χ4v) is 2.98. The zero-order valence-corrected chi connectivity index (χ0v) is 13.1. The molecule has 0 spiro atoms. The second kappa shape index (κ2) is 7.53. The van der Waals surface area contributed by atoms with Crippen LogP contribution in [-0.2, 0) is 9.47 Å². The van der Waals surface area contributed by atoms with E-state index in [1.807, 2.05) is 12.3 Å². The van der Waals surface area contributed by atoms with Crippen molar-refractivity contribution >= 4 is 33.7 Å². The summed E-state index contributed by atoms with van der Waals surface area (Å²) in [7, 11) is 1.66. The highest BCUT2D eigenvalue weighted by Crippen LogP contribution is 2.36. The summed E-state index contributed by atoms with van der Waals surface area (Å²) in [5, 5.41) is 7.24. The van der Waals surface area contributed by atoms with E-state index >= 15 is 0 Å². The van der Waals surface area contributed by atoms with Gasteiger partial charge in [-0.05, 0) is 18.5 Å². The number of thiazole rings is 1. The average Bonchev–Trinajstić information content (AvgIpc) is 3.00. The van der Waals surface area contributed by atoms with E-state index in [9.17, 15) is 0 Å². The Labute approximate surface area is 126 Å². The van der Waals surface area contributed by atoms with Crippen molar-refractivity contribution in [1.29, 1.82) is 0 Å². The van der Waals surface area contributed by atoms with E-state index in [2.05, 4.69) is 14.7 Å². The number of aromatic nitrogens is 2. The van der Waals surface area contributed by atoms with Gasteiger partial charge in [0.25, 0.3) is 0 Å². The third-order valence-electron chi connectivity index (χ3n) is 2.56. The van der Waals surface area contributed by atoms with Gasteiger partial charge >= 0.3 is 0 Å². The smallest absolute Gasteiger partial charge is 0.148 e. The lowest BCUT2D eigenvalue weighted by molar-refractivity contribution is 0.0759. The van der Waals surface area contributed by atoms with Crippen LogP contribution in [0, 0.1) is 6.92 Å². The molecule has 0 amide bonds. The van der Waals surface area contributed by atoms with Crippen LogP contribution in [-0.4, -0.2) is 42.8 Å². The highest BCUT2D eigenvalue weighted by atomic mass is 32.1. The van der Waals surface area contributed by atoms with Crippen molar-refractivity contribution in [1.82, 2.24) is 9.36 Å². The number of methoxy groups -OCH3 is 1. The molecule has 0 aliphatic heterocycles. The third-order valence-corrected chi connectivity index (χ3v) is 4.15. The lowest BCUT2D eigenvalue weighted by Crippen LogP contribution is -2.11. The molecule has 0 radical (unpaired) electrons. The molecule has 0 aliphatic rings. The Morgan fingerprint density at radius 2 is 2.20 bits per heavy atom. The molecule has 2 aromatic heterocycles. The van der Waals surface area contributed by atoms with Crippen LogP contribution in [0.25, 0.3) is 11.3 Å². The standard InChI is InChI=1S/C12H18N4O2S2/c1-8-15-9(7-19-8)10-11(13)16-20-12(10)14-3-4-18-6-5-17-2/h7,14H,3-6H2,1-2H3,(H2,13,16). The molecule has 110 valence electrons. The third kappa shape index (κ3) is 3.89. The Morgan fingerprint density at radius 1 is 1.35 bits per heavy atom. The van der Waals surface area contributed by atoms with Crippen LogP contribution < -0.4 is 11.1 Å². The Kier molecular flexibility index (Phi) is 5.72. The monoisotopic (exact) mass is 314 g/mol. The predicted molar refractivity (Wildman–Crippen MR) is 83.6 cm³/mol. The summed E-state index contributed by atoms with van der Waals surface area (Å²) in [5.74, 6) is 0.517. The fraction of sp³-hybridized carbons (Fsp3) is 0.500.